The molecule has 0 saturated heterocycles. The van der Waals surface area contributed by atoms with Gasteiger partial charge in [-0.2, -0.15) is 0 Å². The van der Waals surface area contributed by atoms with Gasteiger partial charge in [-0.1, -0.05) is 25.5 Å². The molecule has 0 fully saturated rings. The lowest BCUT2D eigenvalue weighted by atomic mass is 10.1. The quantitative estimate of drug-likeness (QED) is 0.730. The van der Waals surface area contributed by atoms with Crippen LogP contribution in [0.5, 0.6) is 0 Å². The molecule has 0 saturated carbocycles. The van der Waals surface area contributed by atoms with Crippen molar-refractivity contribution in [2.45, 2.75) is 45.4 Å². The Kier molecular flexibility index (Phi) is 7.02. The topological polar surface area (TPSA) is 66.5 Å². The van der Waals surface area contributed by atoms with Gasteiger partial charge in [0.2, 0.25) is 0 Å². The van der Waals surface area contributed by atoms with Crippen molar-refractivity contribution in [1.29, 1.82) is 0 Å². The van der Waals surface area contributed by atoms with E-state index in [0.717, 1.165) is 24.0 Å². The summed E-state index contributed by atoms with van der Waals surface area (Å²) >= 11 is 0. The highest BCUT2D eigenvalue weighted by Gasteiger charge is 2.18. The van der Waals surface area contributed by atoms with E-state index >= 15 is 0 Å². The molecule has 0 aliphatic rings. The average molecular weight is 389 g/mol. The number of carbonyl (C=O) groups is 1. The number of anilines is 1. The summed E-state index contributed by atoms with van der Waals surface area (Å²) in [6.07, 6.45) is 1.97. The zero-order valence-corrected chi connectivity index (χ0v) is 17.3. The Balaban J connectivity index is 2.20. The van der Waals surface area contributed by atoms with Crippen molar-refractivity contribution >= 4 is 21.6 Å². The third-order valence-electron chi connectivity index (χ3n) is 4.71. The molecule has 1 amide bonds. The van der Waals surface area contributed by atoms with Crippen LogP contribution in [0.3, 0.4) is 0 Å². The minimum atomic E-state index is -3.71. The van der Waals surface area contributed by atoms with Crippen LogP contribution in [0, 0.1) is 13.8 Å². The summed E-state index contributed by atoms with van der Waals surface area (Å²) in [5.41, 5.74) is 2.97. The van der Waals surface area contributed by atoms with Crippen molar-refractivity contribution in [3.05, 3.63) is 59.2 Å². The molecule has 2 rings (SSSR count). The molecular weight excluding hydrogens is 360 g/mol. The van der Waals surface area contributed by atoms with E-state index in [1.165, 1.54) is 12.1 Å². The van der Waals surface area contributed by atoms with Crippen molar-refractivity contribution < 1.29 is 13.2 Å². The fraction of sp³-hybridized carbons (Fsp3) is 0.381. The van der Waals surface area contributed by atoms with Gasteiger partial charge in [0, 0.05) is 18.7 Å². The van der Waals surface area contributed by atoms with E-state index in [-0.39, 0.29) is 10.8 Å². The van der Waals surface area contributed by atoms with Crippen molar-refractivity contribution in [1.82, 2.24) is 4.90 Å². The summed E-state index contributed by atoms with van der Waals surface area (Å²) in [5.74, 6) is -0.0719. The van der Waals surface area contributed by atoms with Crippen molar-refractivity contribution in [2.75, 3.05) is 17.8 Å². The molecule has 0 aromatic heterocycles. The van der Waals surface area contributed by atoms with E-state index in [1.54, 1.807) is 23.1 Å². The van der Waals surface area contributed by atoms with E-state index < -0.39 is 10.0 Å². The van der Waals surface area contributed by atoms with Gasteiger partial charge < -0.3 is 4.90 Å². The van der Waals surface area contributed by atoms with Gasteiger partial charge in [-0.05, 0) is 68.7 Å². The normalized spacial score (nSPS) is 11.3. The maximum absolute atomic E-state index is 12.7. The summed E-state index contributed by atoms with van der Waals surface area (Å²) in [5, 5.41) is 0. The fourth-order valence-corrected chi connectivity index (χ4v) is 3.90. The van der Waals surface area contributed by atoms with Crippen LogP contribution in [0.2, 0.25) is 0 Å². The van der Waals surface area contributed by atoms with Gasteiger partial charge in [0.05, 0.1) is 10.6 Å². The molecule has 0 atom stereocenters. The number of nitrogens with one attached hydrogen (secondary N) is 1. The molecular formula is C21H28N2O3S. The molecule has 6 heteroatoms. The van der Waals surface area contributed by atoms with E-state index in [0.29, 0.717) is 24.3 Å². The molecule has 2 aromatic rings. The second-order valence-electron chi connectivity index (χ2n) is 6.62. The summed E-state index contributed by atoms with van der Waals surface area (Å²) in [6, 6.07) is 11.6. The van der Waals surface area contributed by atoms with E-state index in [9.17, 15) is 13.2 Å². The number of rotatable bonds is 8. The number of nitrogens with zero attached hydrogens (tertiary/aromatic N) is 1. The molecule has 146 valence electrons. The van der Waals surface area contributed by atoms with Gasteiger partial charge in [0.25, 0.3) is 15.9 Å². The number of amides is 1. The summed E-state index contributed by atoms with van der Waals surface area (Å²) < 4.78 is 28.0. The molecule has 0 unspecified atom stereocenters. The van der Waals surface area contributed by atoms with E-state index in [2.05, 4.69) is 11.6 Å². The highest BCUT2D eigenvalue weighted by atomic mass is 32.2. The lowest BCUT2D eigenvalue weighted by Gasteiger charge is -2.20. The second kappa shape index (κ2) is 9.04. The number of benzene rings is 2. The molecule has 0 radical (unpaired) electrons. The molecule has 1 N–H and O–H groups in total. The standard InChI is InChI=1S/C21H28N2O3S/c1-5-7-15-23(6-2)21(24)18-11-13-19(14-12-18)27(25,26)22-20-10-8-9-16(3)17(20)4/h8-14,22H,5-7,15H2,1-4H3. The van der Waals surface area contributed by atoms with Gasteiger partial charge >= 0.3 is 0 Å². The number of sulfonamides is 1. The Bertz CT molecular complexity index is 890. The van der Waals surface area contributed by atoms with Crippen LogP contribution in [-0.4, -0.2) is 32.3 Å². The Morgan fingerprint density at radius 1 is 1.04 bits per heavy atom. The minimum absolute atomic E-state index is 0.0719. The average Bonchev–Trinajstić information content (AvgIpc) is 2.66. The number of aryl methyl sites for hydroxylation is 1. The number of hydrogen-bond donors (Lipinski definition) is 1. The predicted molar refractivity (Wildman–Crippen MR) is 110 cm³/mol. The third-order valence-corrected chi connectivity index (χ3v) is 6.09. The Morgan fingerprint density at radius 2 is 1.70 bits per heavy atom. The molecule has 27 heavy (non-hydrogen) atoms. The van der Waals surface area contributed by atoms with Gasteiger partial charge in [-0.15, -0.1) is 0 Å². The maximum Gasteiger partial charge on any atom is 0.261 e. The molecule has 5 nitrogen and oxygen atoms in total. The van der Waals surface area contributed by atoms with Crippen LogP contribution < -0.4 is 4.72 Å². The van der Waals surface area contributed by atoms with Crippen molar-refractivity contribution in [2.24, 2.45) is 0 Å². The van der Waals surface area contributed by atoms with Crippen molar-refractivity contribution in [3.63, 3.8) is 0 Å². The van der Waals surface area contributed by atoms with Crippen LogP contribution >= 0.6 is 0 Å². The monoisotopic (exact) mass is 388 g/mol. The molecule has 0 heterocycles. The lowest BCUT2D eigenvalue weighted by Crippen LogP contribution is -2.31. The smallest absolute Gasteiger partial charge is 0.261 e. The van der Waals surface area contributed by atoms with Crippen LogP contribution in [0.25, 0.3) is 0 Å². The number of unbranched alkanes of at least 4 members (excludes halogenated alkanes) is 1. The highest BCUT2D eigenvalue weighted by Crippen LogP contribution is 2.22. The first-order chi connectivity index (χ1) is 12.8. The largest absolute Gasteiger partial charge is 0.339 e. The summed E-state index contributed by atoms with van der Waals surface area (Å²) in [4.78, 5) is 14.5. The third kappa shape index (κ3) is 5.10. The highest BCUT2D eigenvalue weighted by molar-refractivity contribution is 7.92. The van der Waals surface area contributed by atoms with E-state index in [4.69, 9.17) is 0 Å². The van der Waals surface area contributed by atoms with Gasteiger partial charge in [-0.3, -0.25) is 9.52 Å². The van der Waals surface area contributed by atoms with Crippen LogP contribution in [0.15, 0.2) is 47.4 Å². The molecule has 2 aromatic carbocycles. The first-order valence-electron chi connectivity index (χ1n) is 9.28. The van der Waals surface area contributed by atoms with Gasteiger partial charge in [0.15, 0.2) is 0 Å². The van der Waals surface area contributed by atoms with Gasteiger partial charge in [0.1, 0.15) is 0 Å². The zero-order chi connectivity index (χ0) is 20.0. The summed E-state index contributed by atoms with van der Waals surface area (Å²) in [6.45, 7) is 9.19. The Hall–Kier alpha value is -2.34. The predicted octanol–water partition coefficient (Wildman–Crippen LogP) is 4.37. The Labute approximate surface area is 162 Å². The van der Waals surface area contributed by atoms with Crippen molar-refractivity contribution in [3.8, 4) is 0 Å². The Morgan fingerprint density at radius 3 is 2.30 bits per heavy atom. The fourth-order valence-electron chi connectivity index (χ4n) is 2.78. The minimum Gasteiger partial charge on any atom is -0.339 e. The van der Waals surface area contributed by atoms with Gasteiger partial charge in [-0.25, -0.2) is 8.42 Å². The van der Waals surface area contributed by atoms with Crippen LogP contribution in [0.4, 0.5) is 5.69 Å². The SMILES string of the molecule is CCCCN(CC)C(=O)c1ccc(S(=O)(=O)Nc2cccc(C)c2C)cc1. The molecule has 0 aliphatic carbocycles. The maximum atomic E-state index is 12.7. The molecule has 0 spiro atoms. The van der Waals surface area contributed by atoms with Crippen LogP contribution in [0.1, 0.15) is 48.2 Å². The second-order valence-corrected chi connectivity index (χ2v) is 8.30. The van der Waals surface area contributed by atoms with Crippen LogP contribution in [-0.2, 0) is 10.0 Å². The summed E-state index contributed by atoms with van der Waals surface area (Å²) in [7, 11) is -3.71. The number of carbonyl (C=O) groups excluding carboxylic acids is 1. The zero-order valence-electron chi connectivity index (χ0n) is 16.5. The lowest BCUT2D eigenvalue weighted by molar-refractivity contribution is 0.0762. The number of hydrogen-bond acceptors (Lipinski definition) is 3. The molecule has 0 bridgehead atoms. The molecule has 0 aliphatic heterocycles. The first kappa shape index (κ1) is 21.0. The van der Waals surface area contributed by atoms with E-state index in [1.807, 2.05) is 32.9 Å². The first-order valence-corrected chi connectivity index (χ1v) is 10.8.